The first kappa shape index (κ1) is 14.2. The number of ether oxygens (including phenoxy) is 1. The summed E-state index contributed by atoms with van der Waals surface area (Å²) in [5, 5.41) is 0.774. The largest absolute Gasteiger partial charge is 0.497 e. The van der Waals surface area contributed by atoms with E-state index in [2.05, 4.69) is 38.1 Å². The minimum absolute atomic E-state index is 0.537. The fraction of sp³-hybridized carbons (Fsp3) is 0.263. The van der Waals surface area contributed by atoms with Crippen LogP contribution in [0.2, 0.25) is 5.02 Å². The first-order valence-corrected chi connectivity index (χ1v) is 7.62. The van der Waals surface area contributed by atoms with Crippen LogP contribution in [0.25, 0.3) is 5.57 Å². The van der Waals surface area contributed by atoms with E-state index in [0.29, 0.717) is 5.92 Å². The quantitative estimate of drug-likeness (QED) is 0.725. The van der Waals surface area contributed by atoms with Gasteiger partial charge in [-0.3, -0.25) is 0 Å². The highest BCUT2D eigenvalue weighted by Crippen LogP contribution is 2.40. The van der Waals surface area contributed by atoms with Gasteiger partial charge in [0, 0.05) is 5.02 Å². The van der Waals surface area contributed by atoms with Gasteiger partial charge in [-0.15, -0.1) is 0 Å². The standard InChI is InChI=1S/C19H19ClO/c1-12-10-15-11-17(21-3)8-9-18(15)19(13(12)2)14-4-6-16(20)7-5-14/h4-9,11-12H,10H2,1-3H3. The Morgan fingerprint density at radius 3 is 2.48 bits per heavy atom. The monoisotopic (exact) mass is 298 g/mol. The Hall–Kier alpha value is -1.73. The van der Waals surface area contributed by atoms with E-state index in [0.717, 1.165) is 17.2 Å². The van der Waals surface area contributed by atoms with Crippen LogP contribution in [-0.2, 0) is 6.42 Å². The summed E-state index contributed by atoms with van der Waals surface area (Å²) in [5.41, 5.74) is 6.68. The van der Waals surface area contributed by atoms with Gasteiger partial charge in [0.25, 0.3) is 0 Å². The maximum absolute atomic E-state index is 6.02. The molecule has 108 valence electrons. The van der Waals surface area contributed by atoms with Crippen molar-refractivity contribution in [3.63, 3.8) is 0 Å². The molecule has 1 atom stereocenters. The maximum Gasteiger partial charge on any atom is 0.119 e. The van der Waals surface area contributed by atoms with Gasteiger partial charge in [0.2, 0.25) is 0 Å². The molecule has 0 heterocycles. The summed E-state index contributed by atoms with van der Waals surface area (Å²) in [6.07, 6.45) is 1.06. The van der Waals surface area contributed by atoms with Crippen molar-refractivity contribution < 1.29 is 4.74 Å². The molecule has 1 aliphatic carbocycles. The Labute approximate surface area is 131 Å². The van der Waals surface area contributed by atoms with Crippen LogP contribution in [0, 0.1) is 5.92 Å². The predicted octanol–water partition coefficient (Wildman–Crippen LogP) is 5.36. The first-order valence-electron chi connectivity index (χ1n) is 7.24. The van der Waals surface area contributed by atoms with Gasteiger partial charge in [-0.25, -0.2) is 0 Å². The third kappa shape index (κ3) is 2.58. The number of hydrogen-bond acceptors (Lipinski definition) is 1. The molecule has 3 rings (SSSR count). The predicted molar refractivity (Wildman–Crippen MR) is 89.0 cm³/mol. The molecule has 0 bridgehead atoms. The summed E-state index contributed by atoms with van der Waals surface area (Å²) in [6.45, 7) is 4.52. The molecule has 2 aromatic rings. The molecule has 0 aliphatic heterocycles. The third-order valence-electron chi connectivity index (χ3n) is 4.37. The van der Waals surface area contributed by atoms with Crippen molar-refractivity contribution in [1.82, 2.24) is 0 Å². The molecular weight excluding hydrogens is 280 g/mol. The molecule has 0 amide bonds. The zero-order valence-corrected chi connectivity index (χ0v) is 13.4. The second-order valence-electron chi connectivity index (χ2n) is 5.69. The van der Waals surface area contributed by atoms with Crippen LogP contribution in [0.5, 0.6) is 5.75 Å². The molecule has 0 aromatic heterocycles. The van der Waals surface area contributed by atoms with Crippen LogP contribution in [-0.4, -0.2) is 7.11 Å². The molecule has 0 radical (unpaired) electrons. The van der Waals surface area contributed by atoms with Gasteiger partial charge in [-0.05, 0) is 65.8 Å². The van der Waals surface area contributed by atoms with Gasteiger partial charge in [-0.2, -0.15) is 0 Å². The Balaban J connectivity index is 2.18. The van der Waals surface area contributed by atoms with Crippen LogP contribution >= 0.6 is 11.6 Å². The van der Waals surface area contributed by atoms with Crippen molar-refractivity contribution in [2.75, 3.05) is 7.11 Å². The Bertz CT molecular complexity index is 698. The van der Waals surface area contributed by atoms with E-state index in [9.17, 15) is 0 Å². The van der Waals surface area contributed by atoms with E-state index in [4.69, 9.17) is 16.3 Å². The van der Waals surface area contributed by atoms with Gasteiger partial charge in [-0.1, -0.05) is 42.3 Å². The van der Waals surface area contributed by atoms with Gasteiger partial charge in [0.05, 0.1) is 7.11 Å². The van der Waals surface area contributed by atoms with E-state index in [1.165, 1.54) is 27.8 Å². The van der Waals surface area contributed by atoms with E-state index < -0.39 is 0 Å². The van der Waals surface area contributed by atoms with Crippen molar-refractivity contribution in [1.29, 1.82) is 0 Å². The summed E-state index contributed by atoms with van der Waals surface area (Å²) >= 11 is 6.02. The van der Waals surface area contributed by atoms with Crippen LogP contribution < -0.4 is 4.74 Å². The molecule has 0 saturated heterocycles. The average Bonchev–Trinajstić information content (AvgIpc) is 2.49. The van der Waals surface area contributed by atoms with E-state index in [1.54, 1.807) is 7.11 Å². The average molecular weight is 299 g/mol. The topological polar surface area (TPSA) is 9.23 Å². The maximum atomic E-state index is 6.02. The summed E-state index contributed by atoms with van der Waals surface area (Å²) < 4.78 is 5.37. The SMILES string of the molecule is COc1ccc2c(c1)CC(C)C(C)=C2c1ccc(Cl)cc1. The van der Waals surface area contributed by atoms with Crippen LogP contribution in [0.15, 0.2) is 48.0 Å². The van der Waals surface area contributed by atoms with Crippen LogP contribution in [0.3, 0.4) is 0 Å². The van der Waals surface area contributed by atoms with E-state index in [-0.39, 0.29) is 0 Å². The number of fused-ring (bicyclic) bond motifs is 1. The minimum atomic E-state index is 0.537. The lowest BCUT2D eigenvalue weighted by Crippen LogP contribution is -2.13. The molecule has 1 unspecified atom stereocenters. The highest BCUT2D eigenvalue weighted by Gasteiger charge is 2.23. The zero-order valence-electron chi connectivity index (χ0n) is 12.6. The smallest absolute Gasteiger partial charge is 0.119 e. The van der Waals surface area contributed by atoms with Crippen molar-refractivity contribution in [2.24, 2.45) is 5.92 Å². The van der Waals surface area contributed by atoms with Crippen LogP contribution in [0.1, 0.15) is 30.5 Å². The fourth-order valence-electron chi connectivity index (χ4n) is 3.05. The summed E-state index contributed by atoms with van der Waals surface area (Å²) in [5.74, 6) is 1.46. The number of methoxy groups -OCH3 is 1. The Morgan fingerprint density at radius 1 is 1.10 bits per heavy atom. The Kier molecular flexibility index (Phi) is 3.77. The number of rotatable bonds is 2. The molecule has 1 aliphatic rings. The van der Waals surface area contributed by atoms with Gasteiger partial charge in [0.1, 0.15) is 5.75 Å². The van der Waals surface area contributed by atoms with Crippen molar-refractivity contribution in [3.8, 4) is 5.75 Å². The summed E-state index contributed by atoms with van der Waals surface area (Å²) in [6, 6.07) is 14.5. The normalized spacial score (nSPS) is 17.6. The molecule has 0 spiro atoms. The van der Waals surface area contributed by atoms with Gasteiger partial charge in [0.15, 0.2) is 0 Å². The molecule has 0 N–H and O–H groups in total. The number of benzene rings is 2. The lowest BCUT2D eigenvalue weighted by Gasteiger charge is -2.27. The molecular formula is C19H19ClO. The second kappa shape index (κ2) is 5.57. The molecule has 0 fully saturated rings. The van der Waals surface area contributed by atoms with Gasteiger partial charge >= 0.3 is 0 Å². The summed E-state index contributed by atoms with van der Waals surface area (Å²) in [7, 11) is 1.72. The summed E-state index contributed by atoms with van der Waals surface area (Å²) in [4.78, 5) is 0. The van der Waals surface area contributed by atoms with E-state index >= 15 is 0 Å². The lowest BCUT2D eigenvalue weighted by atomic mass is 9.77. The number of hydrogen-bond donors (Lipinski definition) is 0. The number of halogens is 1. The molecule has 1 nitrogen and oxygen atoms in total. The lowest BCUT2D eigenvalue weighted by molar-refractivity contribution is 0.414. The second-order valence-corrected chi connectivity index (χ2v) is 6.13. The molecule has 0 saturated carbocycles. The zero-order chi connectivity index (χ0) is 15.0. The Morgan fingerprint density at radius 2 is 1.81 bits per heavy atom. The highest BCUT2D eigenvalue weighted by molar-refractivity contribution is 6.30. The van der Waals surface area contributed by atoms with E-state index in [1.807, 2.05) is 18.2 Å². The molecule has 2 aromatic carbocycles. The fourth-order valence-corrected chi connectivity index (χ4v) is 3.18. The highest BCUT2D eigenvalue weighted by atomic mass is 35.5. The van der Waals surface area contributed by atoms with Crippen molar-refractivity contribution in [3.05, 3.63) is 69.8 Å². The minimum Gasteiger partial charge on any atom is -0.497 e. The van der Waals surface area contributed by atoms with Crippen LogP contribution in [0.4, 0.5) is 0 Å². The molecule has 21 heavy (non-hydrogen) atoms. The van der Waals surface area contributed by atoms with Gasteiger partial charge < -0.3 is 4.74 Å². The number of allylic oxidation sites excluding steroid dienone is 1. The molecule has 2 heteroatoms. The third-order valence-corrected chi connectivity index (χ3v) is 4.63. The van der Waals surface area contributed by atoms with Crippen molar-refractivity contribution in [2.45, 2.75) is 20.3 Å². The van der Waals surface area contributed by atoms with Crippen molar-refractivity contribution >= 4 is 17.2 Å². The first-order chi connectivity index (χ1) is 10.1.